The Kier molecular flexibility index (Phi) is 5.30. The maximum absolute atomic E-state index is 13.1. The Bertz CT molecular complexity index is 1060. The molecule has 1 fully saturated rings. The smallest absolute Gasteiger partial charge is 0.267 e. The number of carbonyl (C=O) groups excluding carboxylic acids is 1. The number of para-hydroxylation sites is 2. The maximum atomic E-state index is 13.1. The first kappa shape index (κ1) is 19.6. The molecule has 7 nitrogen and oxygen atoms in total. The van der Waals surface area contributed by atoms with Gasteiger partial charge in [0.05, 0.1) is 12.7 Å². The molecule has 0 saturated carbocycles. The van der Waals surface area contributed by atoms with E-state index in [-0.39, 0.29) is 18.3 Å². The molecule has 0 N–H and O–H groups in total. The summed E-state index contributed by atoms with van der Waals surface area (Å²) in [7, 11) is 0. The van der Waals surface area contributed by atoms with Crippen LogP contribution in [-0.2, 0) is 11.3 Å². The molecule has 1 aromatic heterocycles. The number of fused-ring (bicyclic) bond motifs is 1. The van der Waals surface area contributed by atoms with Gasteiger partial charge in [0, 0.05) is 31.7 Å². The van der Waals surface area contributed by atoms with Gasteiger partial charge in [0.1, 0.15) is 12.4 Å². The van der Waals surface area contributed by atoms with Crippen LogP contribution in [-0.4, -0.2) is 59.6 Å². The molecule has 160 valence electrons. The molecule has 5 rings (SSSR count). The van der Waals surface area contributed by atoms with E-state index in [2.05, 4.69) is 9.88 Å². The molecule has 0 aliphatic carbocycles. The Morgan fingerprint density at radius 1 is 1.03 bits per heavy atom. The first-order valence-corrected chi connectivity index (χ1v) is 10.3. The summed E-state index contributed by atoms with van der Waals surface area (Å²) in [5.74, 6) is 2.14. The van der Waals surface area contributed by atoms with Gasteiger partial charge < -0.3 is 18.8 Å². The summed E-state index contributed by atoms with van der Waals surface area (Å²) in [6.07, 6.45) is 1.03. The van der Waals surface area contributed by atoms with E-state index in [9.17, 15) is 9.18 Å². The highest BCUT2D eigenvalue weighted by atomic mass is 19.1. The average molecular weight is 423 g/mol. The van der Waals surface area contributed by atoms with Crippen molar-refractivity contribution < 1.29 is 23.1 Å². The fourth-order valence-corrected chi connectivity index (χ4v) is 3.79. The van der Waals surface area contributed by atoms with E-state index >= 15 is 0 Å². The molecule has 1 saturated heterocycles. The van der Waals surface area contributed by atoms with Crippen LogP contribution in [0, 0.1) is 5.82 Å². The van der Waals surface area contributed by atoms with E-state index in [1.54, 1.807) is 18.3 Å². The van der Waals surface area contributed by atoms with Gasteiger partial charge >= 0.3 is 0 Å². The molecule has 31 heavy (non-hydrogen) atoms. The highest BCUT2D eigenvalue weighted by Gasteiger charge is 2.32. The highest BCUT2D eigenvalue weighted by molar-refractivity contribution is 5.82. The molecule has 2 aliphatic heterocycles. The molecule has 2 aliphatic rings. The molecular formula is C23H22FN3O4. The van der Waals surface area contributed by atoms with Gasteiger partial charge in [0.25, 0.3) is 5.91 Å². The number of hydrogen-bond donors (Lipinski definition) is 0. The number of nitrogens with zero attached hydrogens (tertiary/aromatic N) is 3. The molecule has 1 atom stereocenters. The fraction of sp³-hybridized carbons (Fsp3) is 0.304. The monoisotopic (exact) mass is 423 g/mol. The standard InChI is InChI=1S/C23H22FN3O4/c24-17-7-5-16(6-8-17)20-13-25-22(31-20)14-26-9-11-27(12-10-26)23(28)21-15-29-18-3-1-2-4-19(18)30-21/h1-8,13,21H,9-12,14-15H2. The minimum Gasteiger partial charge on any atom is -0.485 e. The third-order valence-corrected chi connectivity index (χ3v) is 5.51. The lowest BCUT2D eigenvalue weighted by Gasteiger charge is -2.36. The minimum atomic E-state index is -0.619. The van der Waals surface area contributed by atoms with E-state index < -0.39 is 6.10 Å². The number of amides is 1. The van der Waals surface area contributed by atoms with Crippen molar-refractivity contribution in [1.82, 2.24) is 14.8 Å². The Morgan fingerprint density at radius 2 is 1.77 bits per heavy atom. The average Bonchev–Trinajstić information content (AvgIpc) is 3.27. The summed E-state index contributed by atoms with van der Waals surface area (Å²) >= 11 is 0. The number of rotatable bonds is 4. The SMILES string of the molecule is O=C(C1COc2ccccc2O1)N1CCN(Cc2ncc(-c3ccc(F)cc3)o2)CC1. The number of halogens is 1. The lowest BCUT2D eigenvalue weighted by atomic mass is 10.2. The van der Waals surface area contributed by atoms with Crippen molar-refractivity contribution in [3.05, 3.63) is 66.4 Å². The highest BCUT2D eigenvalue weighted by Crippen LogP contribution is 2.31. The van der Waals surface area contributed by atoms with Crippen molar-refractivity contribution in [2.24, 2.45) is 0 Å². The summed E-state index contributed by atoms with van der Waals surface area (Å²) in [6.45, 7) is 3.41. The van der Waals surface area contributed by atoms with Crippen LogP contribution in [0.15, 0.2) is 59.1 Å². The van der Waals surface area contributed by atoms with Crippen molar-refractivity contribution in [3.8, 4) is 22.8 Å². The Morgan fingerprint density at radius 3 is 2.55 bits per heavy atom. The van der Waals surface area contributed by atoms with Crippen LogP contribution in [0.5, 0.6) is 11.5 Å². The Hall–Kier alpha value is -3.39. The number of carbonyl (C=O) groups is 1. The number of oxazole rings is 1. The first-order chi connectivity index (χ1) is 15.2. The zero-order chi connectivity index (χ0) is 21.2. The van der Waals surface area contributed by atoms with Crippen molar-refractivity contribution in [1.29, 1.82) is 0 Å². The van der Waals surface area contributed by atoms with Crippen molar-refractivity contribution >= 4 is 5.91 Å². The van der Waals surface area contributed by atoms with E-state index in [4.69, 9.17) is 13.9 Å². The van der Waals surface area contributed by atoms with Crippen LogP contribution < -0.4 is 9.47 Å². The van der Waals surface area contributed by atoms with E-state index in [0.29, 0.717) is 55.9 Å². The van der Waals surface area contributed by atoms with Crippen LogP contribution in [0.3, 0.4) is 0 Å². The van der Waals surface area contributed by atoms with Gasteiger partial charge in [-0.1, -0.05) is 12.1 Å². The Labute approximate surface area is 179 Å². The molecule has 1 unspecified atom stereocenters. The second-order valence-corrected chi connectivity index (χ2v) is 7.59. The van der Waals surface area contributed by atoms with Crippen LogP contribution in [0.25, 0.3) is 11.3 Å². The predicted molar refractivity (Wildman–Crippen MR) is 110 cm³/mol. The van der Waals surface area contributed by atoms with Gasteiger partial charge in [0.15, 0.2) is 17.3 Å². The topological polar surface area (TPSA) is 68.0 Å². The summed E-state index contributed by atoms with van der Waals surface area (Å²) in [5.41, 5.74) is 0.784. The summed E-state index contributed by atoms with van der Waals surface area (Å²) in [4.78, 5) is 21.2. The summed E-state index contributed by atoms with van der Waals surface area (Å²) in [6, 6.07) is 13.5. The fourth-order valence-electron chi connectivity index (χ4n) is 3.79. The number of aromatic nitrogens is 1. The van der Waals surface area contributed by atoms with Gasteiger partial charge in [-0.3, -0.25) is 9.69 Å². The van der Waals surface area contributed by atoms with Crippen molar-refractivity contribution in [3.63, 3.8) is 0 Å². The second kappa shape index (κ2) is 8.39. The molecule has 0 spiro atoms. The third-order valence-electron chi connectivity index (χ3n) is 5.51. The minimum absolute atomic E-state index is 0.0520. The third kappa shape index (κ3) is 4.25. The molecule has 8 heteroatoms. The van der Waals surface area contributed by atoms with Crippen LogP contribution in [0.2, 0.25) is 0 Å². The quantitative estimate of drug-likeness (QED) is 0.643. The second-order valence-electron chi connectivity index (χ2n) is 7.59. The maximum Gasteiger partial charge on any atom is 0.267 e. The van der Waals surface area contributed by atoms with E-state index in [1.165, 1.54) is 12.1 Å². The predicted octanol–water partition coefficient (Wildman–Crippen LogP) is 2.96. The van der Waals surface area contributed by atoms with Gasteiger partial charge in [-0.05, 0) is 36.4 Å². The number of hydrogen-bond acceptors (Lipinski definition) is 6. The van der Waals surface area contributed by atoms with Crippen LogP contribution >= 0.6 is 0 Å². The first-order valence-electron chi connectivity index (χ1n) is 10.3. The number of benzene rings is 2. The van der Waals surface area contributed by atoms with E-state index in [1.807, 2.05) is 29.2 Å². The summed E-state index contributed by atoms with van der Waals surface area (Å²) in [5, 5.41) is 0. The van der Waals surface area contributed by atoms with Crippen LogP contribution in [0.1, 0.15) is 5.89 Å². The van der Waals surface area contributed by atoms with Crippen LogP contribution in [0.4, 0.5) is 4.39 Å². The largest absolute Gasteiger partial charge is 0.485 e. The zero-order valence-corrected chi connectivity index (χ0v) is 16.9. The van der Waals surface area contributed by atoms with Gasteiger partial charge in [-0.2, -0.15) is 0 Å². The molecule has 3 heterocycles. The lowest BCUT2D eigenvalue weighted by Crippen LogP contribution is -2.53. The number of piperazine rings is 1. The molecular weight excluding hydrogens is 401 g/mol. The molecule has 2 aromatic carbocycles. The van der Waals surface area contributed by atoms with E-state index in [0.717, 1.165) is 5.56 Å². The molecule has 0 radical (unpaired) electrons. The Balaban J connectivity index is 1.14. The summed E-state index contributed by atoms with van der Waals surface area (Å²) < 4.78 is 30.4. The van der Waals surface area contributed by atoms with Gasteiger partial charge in [-0.25, -0.2) is 9.37 Å². The lowest BCUT2D eigenvalue weighted by molar-refractivity contribution is -0.143. The van der Waals surface area contributed by atoms with Gasteiger partial charge in [0.2, 0.25) is 12.0 Å². The molecule has 1 amide bonds. The number of ether oxygens (including phenoxy) is 2. The van der Waals surface area contributed by atoms with Gasteiger partial charge in [-0.15, -0.1) is 0 Å². The molecule has 0 bridgehead atoms. The van der Waals surface area contributed by atoms with Crippen molar-refractivity contribution in [2.75, 3.05) is 32.8 Å². The zero-order valence-electron chi connectivity index (χ0n) is 16.9. The normalized spacial score (nSPS) is 18.7. The van der Waals surface area contributed by atoms with Crippen molar-refractivity contribution in [2.45, 2.75) is 12.6 Å². The molecule has 3 aromatic rings.